The van der Waals surface area contributed by atoms with E-state index in [1.807, 2.05) is 318 Å². The van der Waals surface area contributed by atoms with Gasteiger partial charge in [0.15, 0.2) is 0 Å². The average Bonchev–Trinajstić information content (AvgIpc) is 1.52. The molecule has 4 atom stereocenters. The van der Waals surface area contributed by atoms with Crippen LogP contribution in [-0.2, 0) is 87.2 Å². The van der Waals surface area contributed by atoms with E-state index in [0.29, 0.717) is 67.8 Å². The second-order valence-corrected chi connectivity index (χ2v) is 36.0. The van der Waals surface area contributed by atoms with Crippen molar-refractivity contribution >= 4 is 58.8 Å². The molecule has 0 aliphatic rings. The van der Waals surface area contributed by atoms with E-state index in [1.54, 1.807) is 17.0 Å². The zero-order valence-corrected chi connectivity index (χ0v) is 84.3. The lowest BCUT2D eigenvalue weighted by Gasteiger charge is -2.33. The van der Waals surface area contributed by atoms with Crippen LogP contribution in [-0.4, -0.2) is 169 Å². The number of unbranched alkanes of at least 4 members (excludes halogenated alkanes) is 3. The number of aldehydes is 1. The monoisotopic (exact) mass is 1980 g/mol. The van der Waals surface area contributed by atoms with Crippen LogP contribution in [0.5, 0.6) is 0 Å². The molecule has 11 aromatic carbocycles. The highest BCUT2D eigenvalue weighted by atomic mass is 35.5. The van der Waals surface area contributed by atoms with Gasteiger partial charge in [-0.3, -0.25) is 28.8 Å². The average molecular weight is 1980 g/mol. The molecule has 0 bridgehead atoms. The number of aromatic amines is 4. The Morgan fingerprint density at radius 2 is 0.655 bits per heavy atom. The maximum atomic E-state index is 13.4. The first-order valence-corrected chi connectivity index (χ1v) is 48.9. The van der Waals surface area contributed by atoms with Crippen molar-refractivity contribution in [3.8, 4) is 90.1 Å². The Morgan fingerprint density at radius 1 is 0.359 bits per heavy atom. The van der Waals surface area contributed by atoms with E-state index < -0.39 is 24.1 Å². The fourth-order valence-electron chi connectivity index (χ4n) is 15.4. The number of rotatable bonds is 41. The number of carboxylic acid groups (broad SMARTS) is 1. The third-order valence-electron chi connectivity index (χ3n) is 23.3. The molecule has 0 aliphatic heterocycles. The highest BCUT2D eigenvalue weighted by Gasteiger charge is 2.36. The Kier molecular flexibility index (Phi) is 45.3. The summed E-state index contributed by atoms with van der Waals surface area (Å²) in [5.41, 5.74) is 23.6. The Bertz CT molecular complexity index is 6410. The summed E-state index contributed by atoms with van der Waals surface area (Å²) in [5, 5.41) is 70.0. The number of nitrogens with zero attached hydrogens (tertiary/aromatic N) is 14. The van der Waals surface area contributed by atoms with Gasteiger partial charge < -0.3 is 40.2 Å². The van der Waals surface area contributed by atoms with Gasteiger partial charge in [0.2, 0.25) is 40.4 Å². The maximum Gasteiger partial charge on any atom is 0.329 e. The van der Waals surface area contributed by atoms with Gasteiger partial charge in [0.25, 0.3) is 0 Å². The van der Waals surface area contributed by atoms with Crippen LogP contribution < -0.4 is 11.1 Å². The zero-order valence-electron chi connectivity index (χ0n) is 83.6. The Balaban J connectivity index is 0.000000188. The third kappa shape index (κ3) is 34.7. The second kappa shape index (κ2) is 59.1. The van der Waals surface area contributed by atoms with E-state index in [9.17, 15) is 43.5 Å². The minimum atomic E-state index is -0.976. The maximum absolute atomic E-state index is 13.4. The van der Waals surface area contributed by atoms with Gasteiger partial charge in [-0.2, -0.15) is 20.9 Å². The van der Waals surface area contributed by atoms with Crippen molar-refractivity contribution in [2.75, 3.05) is 0 Å². The number of ether oxygens (including phenoxy) is 3. The first-order valence-electron chi connectivity index (χ1n) is 48.5. The van der Waals surface area contributed by atoms with Gasteiger partial charge in [-0.25, -0.2) is 9.59 Å². The number of nitrogens with one attached hydrogen (secondary N) is 5. The van der Waals surface area contributed by atoms with Crippen LogP contribution in [0.4, 0.5) is 0 Å². The van der Waals surface area contributed by atoms with Gasteiger partial charge in [0, 0.05) is 66.7 Å². The normalized spacial score (nSPS) is 11.6. The number of benzene rings is 11. The molecule has 754 valence electrons. The van der Waals surface area contributed by atoms with Gasteiger partial charge in [-0.05, 0) is 153 Å². The number of esters is 3. The molecule has 0 unspecified atom stereocenters. The number of aromatic nitrogens is 16. The van der Waals surface area contributed by atoms with Crippen LogP contribution >= 0.6 is 11.6 Å². The van der Waals surface area contributed by atoms with Gasteiger partial charge in [0.1, 0.15) is 50.3 Å². The second-order valence-electron chi connectivity index (χ2n) is 35.5. The Hall–Kier alpha value is -15.9. The Morgan fingerprint density at radius 3 is 0.938 bits per heavy atom. The summed E-state index contributed by atoms with van der Waals surface area (Å²) in [7, 11) is 0. The topological polar surface area (TPSA) is 447 Å². The largest absolute Gasteiger partial charge is 0.480 e. The molecule has 2 amide bonds. The number of amides is 2. The highest BCUT2D eigenvalue weighted by Crippen LogP contribution is 2.36. The molecule has 0 fully saturated rings. The fourth-order valence-corrected chi connectivity index (χ4v) is 15.5. The Labute approximate surface area is 850 Å². The van der Waals surface area contributed by atoms with Crippen LogP contribution in [0.2, 0.25) is 0 Å². The van der Waals surface area contributed by atoms with E-state index in [1.165, 1.54) is 4.90 Å². The van der Waals surface area contributed by atoms with Crippen LogP contribution in [0.1, 0.15) is 178 Å². The molecule has 0 spiro atoms. The number of hydrogen-bond donors (Lipinski definition) is 7. The van der Waals surface area contributed by atoms with Gasteiger partial charge in [0.05, 0.1) is 0 Å². The number of carbonyl (C=O) groups is 8. The third-order valence-corrected chi connectivity index (χ3v) is 23.5. The quantitative estimate of drug-likeness (QED) is 0.00810. The molecule has 4 aromatic heterocycles. The number of halogens is 1. The van der Waals surface area contributed by atoms with Gasteiger partial charge in [-0.15, -0.1) is 40.8 Å². The lowest BCUT2D eigenvalue weighted by molar-refractivity contribution is -0.159. The van der Waals surface area contributed by atoms with E-state index >= 15 is 0 Å². The lowest BCUT2D eigenvalue weighted by atomic mass is 9.97. The molecule has 8 N–H and O–H groups in total. The van der Waals surface area contributed by atoms with E-state index in [2.05, 4.69) is 119 Å². The van der Waals surface area contributed by atoms with Crippen LogP contribution in [0, 0.1) is 23.7 Å². The summed E-state index contributed by atoms with van der Waals surface area (Å²) in [4.78, 5) is 99.4. The molecular formula is C112H127ClN20O12. The van der Waals surface area contributed by atoms with Crippen molar-refractivity contribution in [1.82, 2.24) is 97.6 Å². The molecule has 4 heterocycles. The van der Waals surface area contributed by atoms with Crippen LogP contribution in [0.25, 0.3) is 90.1 Å². The van der Waals surface area contributed by atoms with E-state index in [-0.39, 0.29) is 84.4 Å². The molecular weight excluding hydrogens is 1850 g/mol. The number of aliphatic carboxylic acids is 1. The molecule has 15 aromatic rings. The molecule has 15 rings (SSSR count). The lowest BCUT2D eigenvalue weighted by Crippen LogP contribution is -2.48. The summed E-state index contributed by atoms with van der Waals surface area (Å²) < 4.78 is 16.3. The van der Waals surface area contributed by atoms with E-state index in [4.69, 9.17) is 31.5 Å². The highest BCUT2D eigenvalue weighted by molar-refractivity contribution is 6.63. The van der Waals surface area contributed by atoms with Crippen LogP contribution in [0.15, 0.2) is 285 Å². The van der Waals surface area contributed by atoms with Gasteiger partial charge >= 0.3 is 23.9 Å². The zero-order chi connectivity index (χ0) is 104. The summed E-state index contributed by atoms with van der Waals surface area (Å²) >= 11 is 5.02. The summed E-state index contributed by atoms with van der Waals surface area (Å²) in [5.74, 6) is -0.0526. The van der Waals surface area contributed by atoms with Crippen molar-refractivity contribution in [2.45, 2.75) is 198 Å². The number of tetrazole rings is 4. The van der Waals surface area contributed by atoms with Crippen molar-refractivity contribution in [1.29, 1.82) is 0 Å². The van der Waals surface area contributed by atoms with Gasteiger partial charge in [-0.1, -0.05) is 381 Å². The molecule has 0 saturated heterocycles. The minimum Gasteiger partial charge on any atom is -0.480 e. The fraction of sp³-hybridized carbons (Fsp3) is 0.304. The van der Waals surface area contributed by atoms with E-state index in [0.717, 1.165) is 145 Å². The summed E-state index contributed by atoms with van der Waals surface area (Å²) in [6.07, 6.45) is 7.35. The van der Waals surface area contributed by atoms with Crippen molar-refractivity contribution in [3.05, 3.63) is 324 Å². The van der Waals surface area contributed by atoms with Crippen molar-refractivity contribution in [2.24, 2.45) is 29.4 Å². The number of carbonyl (C=O) groups excluding carboxylic acids is 7. The molecule has 33 heteroatoms. The number of carboxylic acids is 1. The first-order chi connectivity index (χ1) is 70.3. The molecule has 32 nitrogen and oxygen atoms in total. The SMILES string of the molecule is CC(C)[C@H](N)C(=O)OCc1ccccc1.CC(C)[C@H](NCc1ccc(-c2ccccc2-c2nn[nH]n2)cc1)C(=O)OCc1ccccc1.CCCCC(=O)Cl.CCCCC(=O)N(Cc1ccc(-c2ccccc2-c2nn[nH]n2)cc1)[C@H](C(=O)O)C(C)C.CCCCC(=O)N(Cc1ccc(-c2ccccc2-c2nn[nH]n2)cc1)[C@H](C(=O)OCc1ccccc1)C(C)C.O=Cc1ccc(-c2ccccc2-c2nn[nH]n2)cc1. The number of nitrogens with two attached hydrogens (primary N) is 1. The number of H-pyrrole nitrogens is 4. The summed E-state index contributed by atoms with van der Waals surface area (Å²) in [6.45, 7) is 23.4. The van der Waals surface area contributed by atoms with Crippen molar-refractivity contribution < 1.29 is 57.7 Å². The smallest absolute Gasteiger partial charge is 0.329 e. The van der Waals surface area contributed by atoms with Crippen LogP contribution in [0.3, 0.4) is 0 Å². The number of hydrogen-bond acceptors (Lipinski definition) is 25. The molecule has 0 radical (unpaired) electrons. The molecule has 145 heavy (non-hydrogen) atoms. The first kappa shape index (κ1) is 111. The molecule has 0 aliphatic carbocycles. The van der Waals surface area contributed by atoms with Crippen molar-refractivity contribution in [3.63, 3.8) is 0 Å². The standard InChI is InChI=1S/C31H35N5O3.C26H27N5O2.C24H29N5O3.C14H10N4O.C12H17NO2.C5H9ClO/c1-4-5-15-28(37)36(29(22(2)3)31(38)39-21-24-11-7-6-8-12-24)20-23-16-18-25(19-17-23)26-13-9-10-14-27(26)30-32-34-35-33-30;1-18(2)24(26(32)33-17-20-8-4-3-5-9-20)27-16-19-12-14-21(15-13-19)22-10-6-7-11-23(22)25-28-30-31-29-25;1-4-5-10-21(30)29(22(16(2)3)24(31)32)15-17-11-13-18(14-12-17)19-8-6-7-9-20(19)23-25-27-28-26-23;19-9-10-5-7-11(8-6-10)12-3-1-2-4-13(12)14-15-17-18-16-14;1-9(2)11(13)12(14)15-8-10-6-4-3-5-7-10;1-2-3-4-5(6)7/h6-14,16-19,22,29H,4-5,15,20-21H2,1-3H3,(H,32,33,34,35);3-15,18,24,27H,16-17H2,1-2H3,(H,28,29,30,31);6-9,11-14,16,22H,4-5,10,15H2,1-3H3,(H,31,32)(H,25,26,27,28);1-9H,(H,15,16,17,18);3-7,9,11H,8,13H2,1-2H3;2-4H2,1H3/t29-;24-;22-;;11-;/m000.0./s1. The predicted octanol–water partition coefficient (Wildman–Crippen LogP) is 20.4. The molecule has 0 saturated carbocycles. The minimum absolute atomic E-state index is 0.0428. The predicted molar refractivity (Wildman–Crippen MR) is 558 cm³/mol. The summed E-state index contributed by atoms with van der Waals surface area (Å²) in [6, 6.07) is 89.2.